The lowest BCUT2D eigenvalue weighted by Gasteiger charge is -2.06. The summed E-state index contributed by atoms with van der Waals surface area (Å²) >= 11 is 9.05. The van der Waals surface area contributed by atoms with E-state index in [0.29, 0.717) is 21.2 Å². The number of nitrogens with zero attached hydrogens (tertiary/aromatic N) is 1. The fourth-order valence-corrected chi connectivity index (χ4v) is 1.75. The molecular weight excluding hydrogens is 283 g/mol. The van der Waals surface area contributed by atoms with Gasteiger partial charge < -0.3 is 5.32 Å². The van der Waals surface area contributed by atoms with Crippen LogP contribution in [0.1, 0.15) is 12.8 Å². The van der Waals surface area contributed by atoms with Gasteiger partial charge in [-0.1, -0.05) is 11.6 Å². The lowest BCUT2D eigenvalue weighted by Crippen LogP contribution is -2.04. The van der Waals surface area contributed by atoms with Crippen molar-refractivity contribution < 1.29 is 4.92 Å². The molecule has 1 aliphatic carbocycles. The van der Waals surface area contributed by atoms with E-state index in [-0.39, 0.29) is 5.69 Å². The second-order valence-electron chi connectivity index (χ2n) is 3.46. The molecule has 0 heterocycles. The Hall–Kier alpha value is -0.810. The van der Waals surface area contributed by atoms with Gasteiger partial charge in [0.1, 0.15) is 5.69 Å². The number of hydrogen-bond donors (Lipinski definition) is 1. The molecule has 15 heavy (non-hydrogen) atoms. The standard InChI is InChI=1S/C9H8BrClN2O2/c10-6-3-8(12-5-1-2-5)9(13(14)15)4-7(6)11/h3-5,12H,1-2H2. The van der Waals surface area contributed by atoms with Crippen molar-refractivity contribution in [2.75, 3.05) is 5.32 Å². The zero-order valence-electron chi connectivity index (χ0n) is 7.67. The van der Waals surface area contributed by atoms with Crippen LogP contribution in [0.5, 0.6) is 0 Å². The van der Waals surface area contributed by atoms with Crippen molar-refractivity contribution in [2.24, 2.45) is 0 Å². The van der Waals surface area contributed by atoms with Gasteiger partial charge in [0.05, 0.1) is 9.95 Å². The molecule has 1 saturated carbocycles. The maximum absolute atomic E-state index is 10.8. The predicted octanol–water partition coefficient (Wildman–Crippen LogP) is 3.59. The highest BCUT2D eigenvalue weighted by molar-refractivity contribution is 9.10. The Morgan fingerprint density at radius 3 is 2.73 bits per heavy atom. The molecule has 0 amide bonds. The Morgan fingerprint density at radius 1 is 1.53 bits per heavy atom. The average molecular weight is 292 g/mol. The Labute approximate surface area is 99.9 Å². The maximum atomic E-state index is 10.8. The van der Waals surface area contributed by atoms with Gasteiger partial charge in [0.25, 0.3) is 5.69 Å². The Balaban J connectivity index is 2.39. The number of nitro groups is 1. The highest BCUT2D eigenvalue weighted by Crippen LogP contribution is 2.36. The predicted molar refractivity (Wildman–Crippen MR) is 62.5 cm³/mol. The number of hydrogen-bond acceptors (Lipinski definition) is 3. The van der Waals surface area contributed by atoms with E-state index in [1.807, 2.05) is 0 Å². The molecule has 0 spiro atoms. The Kier molecular flexibility index (Phi) is 2.84. The summed E-state index contributed by atoms with van der Waals surface area (Å²) in [5.41, 5.74) is 0.550. The van der Waals surface area contributed by atoms with E-state index in [9.17, 15) is 10.1 Å². The van der Waals surface area contributed by atoms with Crippen LogP contribution in [0.25, 0.3) is 0 Å². The average Bonchev–Trinajstić information content (AvgIpc) is 2.94. The third-order valence-corrected chi connectivity index (χ3v) is 3.37. The molecule has 1 N–H and O–H groups in total. The van der Waals surface area contributed by atoms with Crippen molar-refractivity contribution in [2.45, 2.75) is 18.9 Å². The van der Waals surface area contributed by atoms with Crippen LogP contribution in [0.3, 0.4) is 0 Å². The van der Waals surface area contributed by atoms with Crippen LogP contribution >= 0.6 is 27.5 Å². The first-order valence-corrected chi connectivity index (χ1v) is 5.65. The topological polar surface area (TPSA) is 55.2 Å². The molecule has 1 fully saturated rings. The van der Waals surface area contributed by atoms with Gasteiger partial charge in [-0.15, -0.1) is 0 Å². The van der Waals surface area contributed by atoms with Crippen molar-refractivity contribution >= 4 is 38.9 Å². The van der Waals surface area contributed by atoms with Crippen molar-refractivity contribution in [1.82, 2.24) is 0 Å². The molecule has 1 aromatic rings. The summed E-state index contributed by atoms with van der Waals surface area (Å²) in [4.78, 5) is 10.4. The van der Waals surface area contributed by atoms with E-state index < -0.39 is 4.92 Å². The quantitative estimate of drug-likeness (QED) is 0.684. The van der Waals surface area contributed by atoms with E-state index in [4.69, 9.17) is 11.6 Å². The van der Waals surface area contributed by atoms with Gasteiger partial charge in [-0.05, 0) is 34.8 Å². The summed E-state index contributed by atoms with van der Waals surface area (Å²) in [5.74, 6) is 0. The molecule has 0 radical (unpaired) electrons. The highest BCUT2D eigenvalue weighted by Gasteiger charge is 2.25. The lowest BCUT2D eigenvalue weighted by atomic mass is 10.2. The third-order valence-electron chi connectivity index (χ3n) is 2.17. The summed E-state index contributed by atoms with van der Waals surface area (Å²) < 4.78 is 0.665. The zero-order valence-corrected chi connectivity index (χ0v) is 10.0. The number of halogens is 2. The second-order valence-corrected chi connectivity index (χ2v) is 4.72. The normalized spacial score (nSPS) is 15.1. The molecule has 0 bridgehead atoms. The van der Waals surface area contributed by atoms with Gasteiger partial charge in [0.2, 0.25) is 0 Å². The van der Waals surface area contributed by atoms with Crippen LogP contribution in [0.15, 0.2) is 16.6 Å². The molecule has 2 rings (SSSR count). The molecule has 6 heteroatoms. The molecule has 0 atom stereocenters. The number of nitro benzene ring substituents is 1. The van der Waals surface area contributed by atoms with Crippen LogP contribution < -0.4 is 5.32 Å². The van der Waals surface area contributed by atoms with Gasteiger partial charge in [-0.3, -0.25) is 10.1 Å². The zero-order chi connectivity index (χ0) is 11.0. The number of rotatable bonds is 3. The van der Waals surface area contributed by atoms with Crippen LogP contribution in [0.4, 0.5) is 11.4 Å². The number of nitrogens with one attached hydrogen (secondary N) is 1. The molecule has 0 aliphatic heterocycles. The summed E-state index contributed by atoms with van der Waals surface area (Å²) in [7, 11) is 0. The highest BCUT2D eigenvalue weighted by atomic mass is 79.9. The minimum atomic E-state index is -0.428. The van der Waals surface area contributed by atoms with Crippen LogP contribution in [-0.2, 0) is 0 Å². The van der Waals surface area contributed by atoms with Gasteiger partial charge in [0, 0.05) is 16.6 Å². The Bertz CT molecular complexity index is 421. The summed E-state index contributed by atoms with van der Waals surface area (Å²) in [6, 6.07) is 3.38. The molecule has 0 aromatic heterocycles. The molecule has 0 saturated heterocycles. The number of benzene rings is 1. The second kappa shape index (κ2) is 3.98. The van der Waals surface area contributed by atoms with Crippen molar-refractivity contribution in [3.05, 3.63) is 31.7 Å². The van der Waals surface area contributed by atoms with Crippen LogP contribution in [-0.4, -0.2) is 11.0 Å². The van der Waals surface area contributed by atoms with Crippen LogP contribution in [0.2, 0.25) is 5.02 Å². The fraction of sp³-hybridized carbons (Fsp3) is 0.333. The molecule has 0 unspecified atom stereocenters. The minimum absolute atomic E-state index is 0.0232. The largest absolute Gasteiger partial charge is 0.377 e. The van der Waals surface area contributed by atoms with Crippen molar-refractivity contribution in [3.8, 4) is 0 Å². The molecule has 4 nitrogen and oxygen atoms in total. The van der Waals surface area contributed by atoms with Crippen molar-refractivity contribution in [3.63, 3.8) is 0 Å². The van der Waals surface area contributed by atoms with E-state index >= 15 is 0 Å². The summed E-state index contributed by atoms with van der Waals surface area (Å²) in [5, 5.41) is 14.2. The van der Waals surface area contributed by atoms with E-state index in [2.05, 4.69) is 21.2 Å². The monoisotopic (exact) mass is 290 g/mol. The van der Waals surface area contributed by atoms with Crippen molar-refractivity contribution in [1.29, 1.82) is 0 Å². The van der Waals surface area contributed by atoms with Crippen LogP contribution in [0, 0.1) is 10.1 Å². The smallest absolute Gasteiger partial charge is 0.293 e. The molecule has 1 aliphatic rings. The minimum Gasteiger partial charge on any atom is -0.377 e. The maximum Gasteiger partial charge on any atom is 0.293 e. The van der Waals surface area contributed by atoms with Gasteiger partial charge in [-0.2, -0.15) is 0 Å². The first kappa shape index (κ1) is 10.7. The van der Waals surface area contributed by atoms with E-state index in [1.165, 1.54) is 6.07 Å². The Morgan fingerprint density at radius 2 is 2.20 bits per heavy atom. The van der Waals surface area contributed by atoms with E-state index in [0.717, 1.165) is 12.8 Å². The lowest BCUT2D eigenvalue weighted by molar-refractivity contribution is -0.384. The first-order valence-electron chi connectivity index (χ1n) is 4.48. The SMILES string of the molecule is O=[N+]([O-])c1cc(Cl)c(Br)cc1NC1CC1. The van der Waals surface area contributed by atoms with E-state index in [1.54, 1.807) is 6.07 Å². The summed E-state index contributed by atoms with van der Waals surface area (Å²) in [6.07, 6.45) is 2.13. The molecule has 1 aromatic carbocycles. The first-order chi connectivity index (χ1) is 7.08. The molecular formula is C9H8BrClN2O2. The summed E-state index contributed by atoms with van der Waals surface area (Å²) in [6.45, 7) is 0. The van der Waals surface area contributed by atoms with Gasteiger partial charge in [0.15, 0.2) is 0 Å². The van der Waals surface area contributed by atoms with Gasteiger partial charge >= 0.3 is 0 Å². The van der Waals surface area contributed by atoms with Gasteiger partial charge in [-0.25, -0.2) is 0 Å². The fourth-order valence-electron chi connectivity index (χ4n) is 1.25. The number of anilines is 1. The molecule has 80 valence electrons. The third kappa shape index (κ3) is 2.41.